The quantitative estimate of drug-likeness (QED) is 0.677. The first-order valence-electron chi connectivity index (χ1n) is 5.12. The van der Waals surface area contributed by atoms with Gasteiger partial charge in [0, 0.05) is 11.5 Å². The second-order valence-electron chi connectivity index (χ2n) is 4.96. The van der Waals surface area contributed by atoms with Crippen LogP contribution < -0.4 is 0 Å². The van der Waals surface area contributed by atoms with Crippen LogP contribution in [0.4, 0.5) is 4.39 Å². The highest BCUT2D eigenvalue weighted by atomic mass is 19.1. The third-order valence-corrected chi connectivity index (χ3v) is 2.80. The van der Waals surface area contributed by atoms with Gasteiger partial charge in [-0.25, -0.2) is 4.39 Å². The highest BCUT2D eigenvalue weighted by Crippen LogP contribution is 2.28. The molecule has 2 heteroatoms. The Labute approximate surface area is 90.3 Å². The molecule has 1 nitrogen and oxygen atoms in total. The molecule has 0 heterocycles. The molecule has 1 unspecified atom stereocenters. The molecule has 0 amide bonds. The number of rotatable bonds is 2. The van der Waals surface area contributed by atoms with Gasteiger partial charge in [-0.2, -0.15) is 0 Å². The molecule has 0 bridgehead atoms. The number of halogens is 1. The Balaban J connectivity index is 2.95. The molecule has 1 atom stereocenters. The van der Waals surface area contributed by atoms with Gasteiger partial charge >= 0.3 is 0 Å². The Hall–Kier alpha value is -1.18. The monoisotopic (exact) mass is 208 g/mol. The van der Waals surface area contributed by atoms with Crippen molar-refractivity contribution >= 4 is 5.78 Å². The largest absolute Gasteiger partial charge is 0.294 e. The van der Waals surface area contributed by atoms with Crippen molar-refractivity contribution in [3.05, 3.63) is 35.6 Å². The van der Waals surface area contributed by atoms with Crippen LogP contribution in [0.1, 0.15) is 38.1 Å². The fourth-order valence-corrected chi connectivity index (χ4v) is 1.29. The standard InChI is InChI=1S/C13H17FO/c1-9(13(2,3)4)12(15)10-6-5-7-11(14)8-10/h5-9H,1-4H3. The molecule has 0 saturated carbocycles. The molecule has 15 heavy (non-hydrogen) atoms. The second-order valence-corrected chi connectivity index (χ2v) is 4.96. The summed E-state index contributed by atoms with van der Waals surface area (Å²) in [6.07, 6.45) is 0. The van der Waals surface area contributed by atoms with Crippen LogP contribution in [0, 0.1) is 17.2 Å². The molecule has 0 spiro atoms. The zero-order valence-electron chi connectivity index (χ0n) is 9.67. The van der Waals surface area contributed by atoms with E-state index >= 15 is 0 Å². The van der Waals surface area contributed by atoms with Gasteiger partial charge in [-0.3, -0.25) is 4.79 Å². The number of hydrogen-bond donors (Lipinski definition) is 0. The Bertz CT molecular complexity index is 363. The summed E-state index contributed by atoms with van der Waals surface area (Å²) >= 11 is 0. The number of carbonyl (C=O) groups is 1. The Morgan fingerprint density at radius 2 is 1.93 bits per heavy atom. The maximum atomic E-state index is 12.9. The van der Waals surface area contributed by atoms with Crippen LogP contribution >= 0.6 is 0 Å². The third kappa shape index (κ3) is 2.88. The average molecular weight is 208 g/mol. The van der Waals surface area contributed by atoms with Crippen LogP contribution in [-0.2, 0) is 0 Å². The minimum absolute atomic E-state index is 0.00185. The summed E-state index contributed by atoms with van der Waals surface area (Å²) in [6, 6.07) is 5.87. The lowest BCUT2D eigenvalue weighted by molar-refractivity contribution is 0.0839. The van der Waals surface area contributed by atoms with Crippen molar-refractivity contribution in [1.29, 1.82) is 0 Å². The zero-order valence-corrected chi connectivity index (χ0v) is 9.67. The molecule has 0 radical (unpaired) electrons. The smallest absolute Gasteiger partial charge is 0.166 e. The van der Waals surface area contributed by atoms with Gasteiger partial charge in [0.2, 0.25) is 0 Å². The molecule has 0 saturated heterocycles. The van der Waals surface area contributed by atoms with E-state index in [4.69, 9.17) is 0 Å². The number of benzene rings is 1. The highest BCUT2D eigenvalue weighted by Gasteiger charge is 2.27. The molecule has 1 aromatic rings. The van der Waals surface area contributed by atoms with Crippen molar-refractivity contribution in [2.45, 2.75) is 27.7 Å². The van der Waals surface area contributed by atoms with Gasteiger partial charge in [0.1, 0.15) is 5.82 Å². The lowest BCUT2D eigenvalue weighted by Gasteiger charge is -2.25. The van der Waals surface area contributed by atoms with Gasteiger partial charge in [0.15, 0.2) is 5.78 Å². The van der Waals surface area contributed by atoms with Crippen LogP contribution in [-0.4, -0.2) is 5.78 Å². The van der Waals surface area contributed by atoms with Gasteiger partial charge in [0.05, 0.1) is 0 Å². The molecule has 82 valence electrons. The van der Waals surface area contributed by atoms with Crippen molar-refractivity contribution in [3.8, 4) is 0 Å². The average Bonchev–Trinajstić information content (AvgIpc) is 2.14. The maximum absolute atomic E-state index is 12.9. The van der Waals surface area contributed by atoms with E-state index < -0.39 is 0 Å². The minimum Gasteiger partial charge on any atom is -0.294 e. The normalized spacial score (nSPS) is 13.7. The van der Waals surface area contributed by atoms with Crippen LogP contribution in [0.2, 0.25) is 0 Å². The predicted octanol–water partition coefficient (Wildman–Crippen LogP) is 3.69. The van der Waals surface area contributed by atoms with E-state index in [1.807, 2.05) is 27.7 Å². The highest BCUT2D eigenvalue weighted by molar-refractivity contribution is 5.98. The van der Waals surface area contributed by atoms with Crippen LogP contribution in [0.25, 0.3) is 0 Å². The Morgan fingerprint density at radius 1 is 1.33 bits per heavy atom. The summed E-state index contributed by atoms with van der Waals surface area (Å²) in [5.41, 5.74) is 0.362. The Morgan fingerprint density at radius 3 is 2.40 bits per heavy atom. The number of ketones is 1. The molecule has 0 aliphatic carbocycles. The van der Waals surface area contributed by atoms with Crippen molar-refractivity contribution < 1.29 is 9.18 Å². The second kappa shape index (κ2) is 4.13. The van der Waals surface area contributed by atoms with Crippen LogP contribution in [0.3, 0.4) is 0 Å². The first kappa shape index (κ1) is 11.9. The number of Topliss-reactive ketones (excluding diaryl/α,β-unsaturated/α-hetero) is 1. The predicted molar refractivity (Wildman–Crippen MR) is 59.3 cm³/mol. The summed E-state index contributed by atoms with van der Waals surface area (Å²) < 4.78 is 12.9. The molecule has 0 aromatic heterocycles. The maximum Gasteiger partial charge on any atom is 0.166 e. The summed E-state index contributed by atoms with van der Waals surface area (Å²) in [5, 5.41) is 0. The third-order valence-electron chi connectivity index (χ3n) is 2.80. The van der Waals surface area contributed by atoms with Crippen molar-refractivity contribution in [3.63, 3.8) is 0 Å². The van der Waals surface area contributed by atoms with Gasteiger partial charge < -0.3 is 0 Å². The minimum atomic E-state index is -0.359. The van der Waals surface area contributed by atoms with Crippen molar-refractivity contribution in [1.82, 2.24) is 0 Å². The molecule has 0 N–H and O–H groups in total. The molecular weight excluding hydrogens is 191 g/mol. The lowest BCUT2D eigenvalue weighted by atomic mass is 9.78. The molecule has 0 fully saturated rings. The van der Waals surface area contributed by atoms with E-state index in [0.717, 1.165) is 0 Å². The summed E-state index contributed by atoms with van der Waals surface area (Å²) in [5.74, 6) is -0.469. The first-order chi connectivity index (χ1) is 6.82. The van der Waals surface area contributed by atoms with E-state index in [9.17, 15) is 9.18 Å². The van der Waals surface area contributed by atoms with E-state index in [0.29, 0.717) is 5.56 Å². The van der Waals surface area contributed by atoms with Crippen molar-refractivity contribution in [2.75, 3.05) is 0 Å². The van der Waals surface area contributed by atoms with Gasteiger partial charge in [0.25, 0.3) is 0 Å². The van der Waals surface area contributed by atoms with Crippen LogP contribution in [0.15, 0.2) is 24.3 Å². The SMILES string of the molecule is CC(C(=O)c1cccc(F)c1)C(C)(C)C. The lowest BCUT2D eigenvalue weighted by Crippen LogP contribution is -2.25. The van der Waals surface area contributed by atoms with Gasteiger partial charge in [-0.1, -0.05) is 39.8 Å². The van der Waals surface area contributed by atoms with E-state index in [1.165, 1.54) is 12.1 Å². The van der Waals surface area contributed by atoms with Crippen molar-refractivity contribution in [2.24, 2.45) is 11.3 Å². The molecule has 0 aliphatic rings. The first-order valence-corrected chi connectivity index (χ1v) is 5.12. The van der Waals surface area contributed by atoms with E-state index in [1.54, 1.807) is 12.1 Å². The molecule has 1 rings (SSSR count). The number of carbonyl (C=O) groups excluding carboxylic acids is 1. The summed E-state index contributed by atoms with van der Waals surface area (Å²) in [7, 11) is 0. The van der Waals surface area contributed by atoms with E-state index in [-0.39, 0.29) is 22.9 Å². The topological polar surface area (TPSA) is 17.1 Å². The molecular formula is C13H17FO. The number of hydrogen-bond acceptors (Lipinski definition) is 1. The Kier molecular flexibility index (Phi) is 3.28. The summed E-state index contributed by atoms with van der Waals surface area (Å²) in [4.78, 5) is 12.0. The molecule has 1 aromatic carbocycles. The fraction of sp³-hybridized carbons (Fsp3) is 0.462. The fourth-order valence-electron chi connectivity index (χ4n) is 1.29. The summed E-state index contributed by atoms with van der Waals surface area (Å²) in [6.45, 7) is 7.91. The molecule has 0 aliphatic heterocycles. The van der Waals surface area contributed by atoms with Gasteiger partial charge in [-0.05, 0) is 17.5 Å². The van der Waals surface area contributed by atoms with Crippen LogP contribution in [0.5, 0.6) is 0 Å². The zero-order chi connectivity index (χ0) is 11.6. The van der Waals surface area contributed by atoms with E-state index in [2.05, 4.69) is 0 Å². The van der Waals surface area contributed by atoms with Gasteiger partial charge in [-0.15, -0.1) is 0 Å².